The van der Waals surface area contributed by atoms with Gasteiger partial charge < -0.3 is 45.7 Å². The van der Waals surface area contributed by atoms with Crippen molar-refractivity contribution < 1.29 is 30.0 Å². The van der Waals surface area contributed by atoms with Crippen molar-refractivity contribution in [1.29, 1.82) is 5.41 Å². The van der Waals surface area contributed by atoms with Gasteiger partial charge in [-0.3, -0.25) is 10.2 Å². The zero-order valence-corrected chi connectivity index (χ0v) is 24.7. The van der Waals surface area contributed by atoms with Crippen molar-refractivity contribution in [3.05, 3.63) is 83.8 Å². The Hall–Kier alpha value is -4.56. The highest BCUT2D eigenvalue weighted by atomic mass is 16.5. The quantitative estimate of drug-likeness (QED) is 0.0587. The molecule has 0 amide bonds. The summed E-state index contributed by atoms with van der Waals surface area (Å²) in [6.45, 7) is 1.64. The number of aliphatic hydroxyl groups excluding tert-OH is 4. The van der Waals surface area contributed by atoms with Crippen molar-refractivity contribution in [2.24, 2.45) is 12.8 Å². The van der Waals surface area contributed by atoms with Gasteiger partial charge in [0.25, 0.3) is 0 Å². The zero-order chi connectivity index (χ0) is 31.8. The van der Waals surface area contributed by atoms with Gasteiger partial charge in [-0.15, -0.1) is 0 Å². The van der Waals surface area contributed by atoms with Crippen LogP contribution in [0.15, 0.2) is 66.9 Å². The Morgan fingerprint density at radius 2 is 1.86 bits per heavy atom. The molecule has 13 heteroatoms. The first kappa shape index (κ1) is 32.4. The number of nitrogen functional groups attached to an aromatic ring is 1. The number of nitrogens with zero attached hydrogens (tertiary/aromatic N) is 4. The fourth-order valence-electron chi connectivity index (χ4n) is 5.01. The standard InChI is InChI=1S/C31H39N7O6/c1-3-44-27(41)13-15-38(25-6-4-5-14-34-25)28(30(43)29(42)24(40)18-39)20-9-12-23-22(16-20)36-26(37(23)2)17-35-21-10-7-19(8-11-21)31(32)33/h4-12,14,16,24,28-30,35,39-40,42-43H,3,13,15,17-18H2,1-2H3,(H3,32,33)/t24-,28-,29-,30-/m1/s1. The Morgan fingerprint density at radius 1 is 1.11 bits per heavy atom. The third-order valence-corrected chi connectivity index (χ3v) is 7.38. The summed E-state index contributed by atoms with van der Waals surface area (Å²) in [5.74, 6) is 0.704. The number of esters is 1. The smallest absolute Gasteiger partial charge is 0.307 e. The molecule has 44 heavy (non-hydrogen) atoms. The first-order valence-electron chi connectivity index (χ1n) is 14.3. The molecule has 8 N–H and O–H groups in total. The number of carbonyl (C=O) groups is 1. The van der Waals surface area contributed by atoms with Crippen molar-refractivity contribution in [1.82, 2.24) is 14.5 Å². The number of aromatic nitrogens is 3. The number of anilines is 2. The molecule has 0 fully saturated rings. The van der Waals surface area contributed by atoms with Crippen LogP contribution in [0.2, 0.25) is 0 Å². The Kier molecular flexibility index (Phi) is 10.8. The van der Waals surface area contributed by atoms with Crippen LogP contribution in [0.5, 0.6) is 0 Å². The predicted octanol–water partition coefficient (Wildman–Crippen LogP) is 1.44. The molecule has 0 aliphatic heterocycles. The molecule has 2 aromatic carbocycles. The highest BCUT2D eigenvalue weighted by Crippen LogP contribution is 2.33. The topological polar surface area (TPSA) is 203 Å². The van der Waals surface area contributed by atoms with E-state index in [0.29, 0.717) is 29.0 Å². The number of nitrogens with one attached hydrogen (secondary N) is 2. The van der Waals surface area contributed by atoms with Crippen LogP contribution in [0.25, 0.3) is 11.0 Å². The summed E-state index contributed by atoms with van der Waals surface area (Å²) in [6.07, 6.45) is -3.37. The third-order valence-electron chi connectivity index (χ3n) is 7.38. The van der Waals surface area contributed by atoms with E-state index in [1.807, 2.05) is 29.8 Å². The Balaban J connectivity index is 1.70. The summed E-state index contributed by atoms with van der Waals surface area (Å²) >= 11 is 0. The fourth-order valence-corrected chi connectivity index (χ4v) is 5.01. The van der Waals surface area contributed by atoms with E-state index in [0.717, 1.165) is 17.0 Å². The van der Waals surface area contributed by atoms with Crippen molar-refractivity contribution in [2.75, 3.05) is 30.0 Å². The van der Waals surface area contributed by atoms with E-state index < -0.39 is 36.9 Å². The lowest BCUT2D eigenvalue weighted by atomic mass is 9.93. The largest absolute Gasteiger partial charge is 0.466 e. The van der Waals surface area contributed by atoms with Crippen molar-refractivity contribution in [2.45, 2.75) is 44.2 Å². The molecule has 0 unspecified atom stereocenters. The van der Waals surface area contributed by atoms with Crippen molar-refractivity contribution in [3.63, 3.8) is 0 Å². The molecule has 0 aliphatic rings. The van der Waals surface area contributed by atoms with Crippen LogP contribution < -0.4 is 16.0 Å². The van der Waals surface area contributed by atoms with E-state index in [1.165, 1.54) is 0 Å². The number of hydrogen-bond donors (Lipinski definition) is 7. The SMILES string of the molecule is CCOC(=O)CCN(c1ccccn1)[C@H](c1ccc2c(c1)nc(CNc1ccc(C(=N)N)cc1)n2C)[C@@H](O)[C@H](O)[C@H](O)CO. The number of hydrogen-bond acceptors (Lipinski definition) is 11. The highest BCUT2D eigenvalue weighted by molar-refractivity contribution is 5.95. The molecule has 13 nitrogen and oxygen atoms in total. The third kappa shape index (κ3) is 7.50. The van der Waals surface area contributed by atoms with Gasteiger partial charge in [-0.2, -0.15) is 0 Å². The molecule has 4 aromatic rings. The van der Waals surface area contributed by atoms with E-state index >= 15 is 0 Å². The van der Waals surface area contributed by atoms with Crippen LogP contribution >= 0.6 is 0 Å². The number of ether oxygens (including phenoxy) is 1. The van der Waals surface area contributed by atoms with Crippen LogP contribution in [-0.4, -0.2) is 84.8 Å². The van der Waals surface area contributed by atoms with Gasteiger partial charge in [-0.1, -0.05) is 12.1 Å². The Morgan fingerprint density at radius 3 is 2.50 bits per heavy atom. The van der Waals surface area contributed by atoms with Gasteiger partial charge in [-0.25, -0.2) is 9.97 Å². The average molecular weight is 606 g/mol. The molecule has 2 aromatic heterocycles. The molecule has 0 saturated heterocycles. The van der Waals surface area contributed by atoms with E-state index in [2.05, 4.69) is 10.3 Å². The lowest BCUT2D eigenvalue weighted by Gasteiger charge is -2.38. The lowest BCUT2D eigenvalue weighted by Crippen LogP contribution is -2.48. The monoisotopic (exact) mass is 605 g/mol. The van der Waals surface area contributed by atoms with E-state index in [1.54, 1.807) is 60.5 Å². The summed E-state index contributed by atoms with van der Waals surface area (Å²) in [6, 6.07) is 16.8. The van der Waals surface area contributed by atoms with Gasteiger partial charge in [-0.05, 0) is 61.0 Å². The number of pyridine rings is 1. The normalized spacial score (nSPS) is 14.0. The average Bonchev–Trinajstić information content (AvgIpc) is 3.35. The van der Waals surface area contributed by atoms with Crippen molar-refractivity contribution >= 4 is 34.3 Å². The number of aliphatic hydroxyl groups is 4. The molecule has 4 atom stereocenters. The van der Waals surface area contributed by atoms with Crippen LogP contribution in [0.3, 0.4) is 0 Å². The minimum atomic E-state index is -1.72. The second kappa shape index (κ2) is 14.8. The Bertz CT molecular complexity index is 1550. The predicted molar refractivity (Wildman–Crippen MR) is 166 cm³/mol. The Labute approximate surface area is 255 Å². The second-order valence-electron chi connectivity index (χ2n) is 10.3. The maximum absolute atomic E-state index is 12.3. The molecular weight excluding hydrogens is 566 g/mol. The highest BCUT2D eigenvalue weighted by Gasteiger charge is 2.37. The van der Waals surface area contributed by atoms with Gasteiger partial charge in [0.15, 0.2) is 0 Å². The van der Waals surface area contributed by atoms with Gasteiger partial charge in [0.1, 0.15) is 35.8 Å². The number of imidazole rings is 1. The minimum absolute atomic E-state index is 0.00739. The van der Waals surface area contributed by atoms with Gasteiger partial charge >= 0.3 is 5.97 Å². The molecule has 0 aliphatic carbocycles. The van der Waals surface area contributed by atoms with Crippen LogP contribution in [0, 0.1) is 5.41 Å². The molecule has 4 rings (SSSR count). The molecule has 0 spiro atoms. The van der Waals surface area contributed by atoms with E-state index in [9.17, 15) is 25.2 Å². The van der Waals surface area contributed by atoms with Gasteiger partial charge in [0.05, 0.1) is 43.3 Å². The van der Waals surface area contributed by atoms with Crippen molar-refractivity contribution in [3.8, 4) is 0 Å². The van der Waals surface area contributed by atoms with E-state index in [-0.39, 0.29) is 25.4 Å². The first-order valence-corrected chi connectivity index (χ1v) is 14.3. The number of fused-ring (bicyclic) bond motifs is 1. The van der Waals surface area contributed by atoms with Gasteiger partial charge in [0, 0.05) is 31.0 Å². The van der Waals surface area contributed by atoms with Crippen LogP contribution in [-0.2, 0) is 23.1 Å². The number of amidine groups is 1. The number of nitrogens with two attached hydrogens (primary N) is 1. The molecule has 0 bridgehead atoms. The fraction of sp³-hybridized carbons (Fsp3) is 0.355. The summed E-state index contributed by atoms with van der Waals surface area (Å²) in [5.41, 5.74) is 8.98. The molecule has 0 saturated carbocycles. The first-order chi connectivity index (χ1) is 21.1. The van der Waals surface area contributed by atoms with E-state index in [4.69, 9.17) is 20.9 Å². The van der Waals surface area contributed by atoms with Gasteiger partial charge in [0.2, 0.25) is 0 Å². The number of rotatable bonds is 15. The minimum Gasteiger partial charge on any atom is -0.466 e. The van der Waals surface area contributed by atoms with Crippen LogP contribution in [0.4, 0.5) is 11.5 Å². The molecule has 234 valence electrons. The maximum Gasteiger partial charge on any atom is 0.307 e. The molecule has 0 radical (unpaired) electrons. The summed E-state index contributed by atoms with van der Waals surface area (Å²) in [4.78, 5) is 23.2. The molecule has 2 heterocycles. The number of aryl methyl sites for hydroxylation is 1. The van der Waals surface area contributed by atoms with Crippen LogP contribution in [0.1, 0.15) is 36.3 Å². The summed E-state index contributed by atoms with van der Waals surface area (Å²) < 4.78 is 7.05. The maximum atomic E-state index is 12.3. The lowest BCUT2D eigenvalue weighted by molar-refractivity contribution is -0.142. The number of benzene rings is 2. The summed E-state index contributed by atoms with van der Waals surface area (Å²) in [7, 11) is 1.89. The second-order valence-corrected chi connectivity index (χ2v) is 10.3. The molecular formula is C31H39N7O6. The summed E-state index contributed by atoms with van der Waals surface area (Å²) in [5, 5.41) is 52.9. The number of carbonyl (C=O) groups excluding carboxylic acids is 1. The zero-order valence-electron chi connectivity index (χ0n) is 24.7.